The summed E-state index contributed by atoms with van der Waals surface area (Å²) in [5.74, 6) is -0.553. The minimum atomic E-state index is -0.429. The standard InChI is InChI=1S/C16H16ClFN2OS/c17-15-9-13(18)1-2-14(15)16(21)20-6-4-19(5-7-20)10-12-3-8-22-11-12/h1-3,8-9,11H,4-7,10H2. The number of nitrogens with zero attached hydrogens (tertiary/aromatic N) is 2. The quantitative estimate of drug-likeness (QED) is 0.855. The highest BCUT2D eigenvalue weighted by Gasteiger charge is 2.23. The van der Waals surface area contributed by atoms with Crippen LogP contribution >= 0.6 is 22.9 Å². The molecule has 3 rings (SSSR count). The van der Waals surface area contributed by atoms with E-state index >= 15 is 0 Å². The summed E-state index contributed by atoms with van der Waals surface area (Å²) in [7, 11) is 0. The van der Waals surface area contributed by atoms with Crippen molar-refractivity contribution in [1.29, 1.82) is 0 Å². The Morgan fingerprint density at radius 1 is 1.23 bits per heavy atom. The van der Waals surface area contributed by atoms with Crippen molar-refractivity contribution in [3.05, 3.63) is 57.0 Å². The van der Waals surface area contributed by atoms with E-state index in [1.54, 1.807) is 16.2 Å². The Morgan fingerprint density at radius 2 is 2.00 bits per heavy atom. The first-order valence-electron chi connectivity index (χ1n) is 7.11. The molecule has 1 aliphatic rings. The molecule has 116 valence electrons. The number of hydrogen-bond donors (Lipinski definition) is 0. The summed E-state index contributed by atoms with van der Waals surface area (Å²) in [4.78, 5) is 16.6. The SMILES string of the molecule is O=C(c1ccc(F)cc1Cl)N1CCN(Cc2ccsc2)CC1. The van der Waals surface area contributed by atoms with Crippen molar-refractivity contribution in [2.75, 3.05) is 26.2 Å². The third kappa shape index (κ3) is 3.48. The minimum absolute atomic E-state index is 0.125. The van der Waals surface area contributed by atoms with Gasteiger partial charge in [-0.05, 0) is 40.6 Å². The molecule has 2 heterocycles. The molecule has 1 fully saturated rings. The van der Waals surface area contributed by atoms with Gasteiger partial charge in [0.2, 0.25) is 0 Å². The van der Waals surface area contributed by atoms with E-state index in [0.717, 1.165) is 19.6 Å². The van der Waals surface area contributed by atoms with Gasteiger partial charge in [-0.25, -0.2) is 4.39 Å². The average Bonchev–Trinajstić information content (AvgIpc) is 3.00. The fourth-order valence-corrected chi connectivity index (χ4v) is 3.49. The monoisotopic (exact) mass is 338 g/mol. The maximum absolute atomic E-state index is 13.1. The Bertz CT molecular complexity index is 654. The fraction of sp³-hybridized carbons (Fsp3) is 0.312. The van der Waals surface area contributed by atoms with Crippen LogP contribution in [0.5, 0.6) is 0 Å². The van der Waals surface area contributed by atoms with Crippen molar-refractivity contribution in [3.63, 3.8) is 0 Å². The lowest BCUT2D eigenvalue weighted by Crippen LogP contribution is -2.48. The van der Waals surface area contributed by atoms with Crippen molar-refractivity contribution >= 4 is 28.8 Å². The number of carbonyl (C=O) groups excluding carboxylic acids is 1. The van der Waals surface area contributed by atoms with Gasteiger partial charge in [-0.1, -0.05) is 11.6 Å². The third-order valence-corrected chi connectivity index (χ3v) is 4.85. The molecule has 2 aromatic rings. The number of carbonyl (C=O) groups is 1. The molecular formula is C16H16ClFN2OS. The van der Waals surface area contributed by atoms with E-state index in [-0.39, 0.29) is 10.9 Å². The summed E-state index contributed by atoms with van der Waals surface area (Å²) < 4.78 is 13.1. The summed E-state index contributed by atoms with van der Waals surface area (Å²) in [6.07, 6.45) is 0. The summed E-state index contributed by atoms with van der Waals surface area (Å²) in [5.41, 5.74) is 1.68. The maximum atomic E-state index is 13.1. The van der Waals surface area contributed by atoms with Gasteiger partial charge in [0.15, 0.2) is 0 Å². The molecule has 0 atom stereocenters. The predicted octanol–water partition coefficient (Wildman–Crippen LogP) is 3.50. The number of amides is 1. The lowest BCUT2D eigenvalue weighted by molar-refractivity contribution is 0.0629. The van der Waals surface area contributed by atoms with Crippen molar-refractivity contribution in [2.45, 2.75) is 6.54 Å². The van der Waals surface area contributed by atoms with Gasteiger partial charge < -0.3 is 4.90 Å². The second-order valence-corrected chi connectivity index (χ2v) is 6.51. The van der Waals surface area contributed by atoms with Crippen LogP contribution in [0.15, 0.2) is 35.0 Å². The summed E-state index contributed by atoms with van der Waals surface area (Å²) in [5, 5.41) is 4.40. The van der Waals surface area contributed by atoms with Gasteiger partial charge in [-0.2, -0.15) is 11.3 Å². The molecule has 0 N–H and O–H groups in total. The van der Waals surface area contributed by atoms with E-state index in [2.05, 4.69) is 21.7 Å². The first-order valence-corrected chi connectivity index (χ1v) is 8.43. The zero-order valence-electron chi connectivity index (χ0n) is 12.0. The van der Waals surface area contributed by atoms with E-state index in [9.17, 15) is 9.18 Å². The second-order valence-electron chi connectivity index (χ2n) is 5.32. The van der Waals surface area contributed by atoms with Gasteiger partial charge in [0.1, 0.15) is 5.82 Å². The van der Waals surface area contributed by atoms with Crippen LogP contribution in [-0.4, -0.2) is 41.9 Å². The van der Waals surface area contributed by atoms with Gasteiger partial charge in [-0.15, -0.1) is 0 Å². The molecule has 0 unspecified atom stereocenters. The van der Waals surface area contributed by atoms with Crippen LogP contribution in [0.4, 0.5) is 4.39 Å². The van der Waals surface area contributed by atoms with Crippen LogP contribution in [0.25, 0.3) is 0 Å². The first kappa shape index (κ1) is 15.5. The summed E-state index contributed by atoms with van der Waals surface area (Å²) in [6, 6.07) is 6.03. The molecule has 1 saturated heterocycles. The molecule has 0 aliphatic carbocycles. The van der Waals surface area contributed by atoms with Gasteiger partial charge in [0, 0.05) is 32.7 Å². The van der Waals surface area contributed by atoms with E-state index in [1.807, 2.05) is 0 Å². The molecule has 1 aromatic heterocycles. The number of thiophene rings is 1. The number of rotatable bonds is 3. The second kappa shape index (κ2) is 6.77. The molecule has 1 aliphatic heterocycles. The molecule has 0 radical (unpaired) electrons. The van der Waals surface area contributed by atoms with Crippen molar-refractivity contribution in [1.82, 2.24) is 9.80 Å². The third-order valence-electron chi connectivity index (χ3n) is 3.81. The first-order chi connectivity index (χ1) is 10.6. The molecule has 1 aromatic carbocycles. The van der Waals surface area contributed by atoms with Crippen molar-refractivity contribution in [3.8, 4) is 0 Å². The van der Waals surface area contributed by atoms with Crippen LogP contribution in [0.3, 0.4) is 0 Å². The molecule has 22 heavy (non-hydrogen) atoms. The molecule has 1 amide bonds. The van der Waals surface area contributed by atoms with Crippen LogP contribution in [-0.2, 0) is 6.54 Å². The number of halogens is 2. The number of piperazine rings is 1. The highest BCUT2D eigenvalue weighted by atomic mass is 35.5. The molecule has 3 nitrogen and oxygen atoms in total. The van der Waals surface area contributed by atoms with E-state index in [4.69, 9.17) is 11.6 Å². The molecule has 0 bridgehead atoms. The molecule has 0 saturated carbocycles. The van der Waals surface area contributed by atoms with Gasteiger partial charge >= 0.3 is 0 Å². The fourth-order valence-electron chi connectivity index (χ4n) is 2.58. The van der Waals surface area contributed by atoms with Gasteiger partial charge in [-0.3, -0.25) is 9.69 Å². The Labute approximate surface area is 137 Å². The number of hydrogen-bond acceptors (Lipinski definition) is 3. The van der Waals surface area contributed by atoms with Crippen LogP contribution in [0, 0.1) is 5.82 Å². The molecule has 6 heteroatoms. The maximum Gasteiger partial charge on any atom is 0.255 e. The lowest BCUT2D eigenvalue weighted by Gasteiger charge is -2.34. The zero-order valence-corrected chi connectivity index (χ0v) is 13.5. The summed E-state index contributed by atoms with van der Waals surface area (Å²) in [6.45, 7) is 3.91. The Kier molecular flexibility index (Phi) is 4.76. The van der Waals surface area contributed by atoms with Crippen molar-refractivity contribution < 1.29 is 9.18 Å². The smallest absolute Gasteiger partial charge is 0.255 e. The largest absolute Gasteiger partial charge is 0.336 e. The Hall–Kier alpha value is -1.43. The van der Waals surface area contributed by atoms with Gasteiger partial charge in [0.25, 0.3) is 5.91 Å². The average molecular weight is 339 g/mol. The van der Waals surface area contributed by atoms with E-state index in [0.29, 0.717) is 18.7 Å². The highest BCUT2D eigenvalue weighted by molar-refractivity contribution is 7.07. The van der Waals surface area contributed by atoms with Crippen LogP contribution in [0.2, 0.25) is 5.02 Å². The van der Waals surface area contributed by atoms with E-state index < -0.39 is 5.82 Å². The zero-order chi connectivity index (χ0) is 15.5. The summed E-state index contributed by atoms with van der Waals surface area (Å²) >= 11 is 7.67. The highest BCUT2D eigenvalue weighted by Crippen LogP contribution is 2.20. The lowest BCUT2D eigenvalue weighted by atomic mass is 10.1. The van der Waals surface area contributed by atoms with E-state index in [1.165, 1.54) is 23.8 Å². The van der Waals surface area contributed by atoms with Gasteiger partial charge in [0.05, 0.1) is 10.6 Å². The van der Waals surface area contributed by atoms with Crippen LogP contribution in [0.1, 0.15) is 15.9 Å². The molecule has 0 spiro atoms. The number of benzene rings is 1. The Balaban J connectivity index is 1.60. The predicted molar refractivity (Wildman–Crippen MR) is 86.9 cm³/mol. The molecular weight excluding hydrogens is 323 g/mol. The minimum Gasteiger partial charge on any atom is -0.336 e. The topological polar surface area (TPSA) is 23.6 Å². The van der Waals surface area contributed by atoms with Crippen LogP contribution < -0.4 is 0 Å². The van der Waals surface area contributed by atoms with Crippen molar-refractivity contribution in [2.24, 2.45) is 0 Å². The Morgan fingerprint density at radius 3 is 2.64 bits per heavy atom. The normalized spacial score (nSPS) is 16.0.